The van der Waals surface area contributed by atoms with Gasteiger partial charge >= 0.3 is 5.97 Å². The second kappa shape index (κ2) is 7.59. The molecule has 5 heteroatoms. The van der Waals surface area contributed by atoms with Gasteiger partial charge in [0.15, 0.2) is 0 Å². The molecule has 1 amide bonds. The molecule has 1 rings (SSSR count). The molecule has 2 N–H and O–H groups in total. The van der Waals surface area contributed by atoms with E-state index in [0.717, 1.165) is 17.2 Å². The molecule has 0 fully saturated rings. The fourth-order valence-corrected chi connectivity index (χ4v) is 1.70. The molecule has 0 aromatic heterocycles. The zero-order chi connectivity index (χ0) is 15.9. The quantitative estimate of drug-likeness (QED) is 0.755. The van der Waals surface area contributed by atoms with Crippen molar-refractivity contribution >= 4 is 18.0 Å². The van der Waals surface area contributed by atoms with Crippen LogP contribution in [-0.4, -0.2) is 29.7 Å². The van der Waals surface area contributed by atoms with Crippen molar-refractivity contribution in [3.8, 4) is 0 Å². The molecule has 0 spiro atoms. The van der Waals surface area contributed by atoms with Gasteiger partial charge in [-0.2, -0.15) is 0 Å². The highest BCUT2D eigenvalue weighted by Crippen LogP contribution is 2.13. The summed E-state index contributed by atoms with van der Waals surface area (Å²) in [6.45, 7) is 4.10. The molecule has 0 radical (unpaired) electrons. The van der Waals surface area contributed by atoms with Crippen LogP contribution in [0.4, 0.5) is 0 Å². The van der Waals surface area contributed by atoms with E-state index in [2.05, 4.69) is 5.32 Å². The second-order valence-corrected chi connectivity index (χ2v) is 5.33. The Labute approximate surface area is 124 Å². The summed E-state index contributed by atoms with van der Waals surface area (Å²) in [5.74, 6) is -1.08. The minimum atomic E-state index is -0.990. The first kappa shape index (κ1) is 16.9. The number of carbonyl (C=O) groups is 2. The SMILES string of the molecule is COC(C)(C)CC(=O)NCc1cccc(/C=C/C(=O)O)c1. The lowest BCUT2D eigenvalue weighted by Gasteiger charge is -2.21. The van der Waals surface area contributed by atoms with Crippen molar-refractivity contribution in [1.29, 1.82) is 0 Å². The number of carboxylic acids is 1. The minimum absolute atomic E-state index is 0.0895. The van der Waals surface area contributed by atoms with Crippen molar-refractivity contribution < 1.29 is 19.4 Å². The van der Waals surface area contributed by atoms with Gasteiger partial charge in [0.2, 0.25) is 5.91 Å². The van der Waals surface area contributed by atoms with Gasteiger partial charge < -0.3 is 15.2 Å². The summed E-state index contributed by atoms with van der Waals surface area (Å²) in [6.07, 6.45) is 2.88. The summed E-state index contributed by atoms with van der Waals surface area (Å²) < 4.78 is 5.21. The third-order valence-corrected chi connectivity index (χ3v) is 3.00. The van der Waals surface area contributed by atoms with Gasteiger partial charge in [0.05, 0.1) is 12.0 Å². The highest BCUT2D eigenvalue weighted by molar-refractivity contribution is 5.85. The van der Waals surface area contributed by atoms with E-state index in [1.165, 1.54) is 6.08 Å². The van der Waals surface area contributed by atoms with Crippen molar-refractivity contribution in [2.24, 2.45) is 0 Å². The van der Waals surface area contributed by atoms with Crippen molar-refractivity contribution in [2.45, 2.75) is 32.4 Å². The van der Waals surface area contributed by atoms with E-state index in [9.17, 15) is 9.59 Å². The molecule has 5 nitrogen and oxygen atoms in total. The Morgan fingerprint density at radius 3 is 2.71 bits per heavy atom. The molecule has 1 aromatic carbocycles. The molecule has 0 aliphatic carbocycles. The fraction of sp³-hybridized carbons (Fsp3) is 0.375. The number of rotatable bonds is 7. The topological polar surface area (TPSA) is 75.6 Å². The van der Waals surface area contributed by atoms with E-state index < -0.39 is 11.6 Å². The van der Waals surface area contributed by atoms with Crippen molar-refractivity contribution in [2.75, 3.05) is 7.11 Å². The highest BCUT2D eigenvalue weighted by atomic mass is 16.5. The number of methoxy groups -OCH3 is 1. The Bertz CT molecular complexity index is 535. The summed E-state index contributed by atoms with van der Waals surface area (Å²) in [7, 11) is 1.57. The van der Waals surface area contributed by atoms with E-state index in [0.29, 0.717) is 6.54 Å². The van der Waals surface area contributed by atoms with Crippen molar-refractivity contribution in [3.63, 3.8) is 0 Å². The third-order valence-electron chi connectivity index (χ3n) is 3.00. The summed E-state index contributed by atoms with van der Waals surface area (Å²) in [4.78, 5) is 22.3. The van der Waals surface area contributed by atoms with Crippen LogP contribution in [0.5, 0.6) is 0 Å². The maximum absolute atomic E-state index is 11.8. The first-order valence-corrected chi connectivity index (χ1v) is 6.64. The van der Waals surface area contributed by atoms with Gasteiger partial charge in [0.1, 0.15) is 0 Å². The molecule has 0 heterocycles. The van der Waals surface area contributed by atoms with E-state index in [4.69, 9.17) is 9.84 Å². The predicted molar refractivity (Wildman–Crippen MR) is 80.7 cm³/mol. The summed E-state index contributed by atoms with van der Waals surface area (Å²) in [5.41, 5.74) is 1.20. The number of aliphatic carboxylic acids is 1. The molecular formula is C16H21NO4. The van der Waals surface area contributed by atoms with Gasteiger partial charge in [-0.25, -0.2) is 4.79 Å². The smallest absolute Gasteiger partial charge is 0.328 e. The molecule has 0 aliphatic heterocycles. The molecule has 0 saturated carbocycles. The van der Waals surface area contributed by atoms with Crippen LogP contribution in [0, 0.1) is 0 Å². The number of benzene rings is 1. The Balaban J connectivity index is 2.58. The fourth-order valence-electron chi connectivity index (χ4n) is 1.70. The number of hydrogen-bond acceptors (Lipinski definition) is 3. The number of ether oxygens (including phenoxy) is 1. The molecule has 0 atom stereocenters. The van der Waals surface area contributed by atoms with Crippen molar-refractivity contribution in [1.82, 2.24) is 5.32 Å². The number of hydrogen-bond donors (Lipinski definition) is 2. The van der Waals surface area contributed by atoms with Gasteiger partial charge in [0, 0.05) is 19.7 Å². The molecule has 1 aromatic rings. The van der Waals surface area contributed by atoms with Crippen LogP contribution >= 0.6 is 0 Å². The molecule has 0 saturated heterocycles. The van der Waals surface area contributed by atoms with E-state index in [1.54, 1.807) is 13.2 Å². The molecule has 114 valence electrons. The van der Waals surface area contributed by atoms with E-state index in [1.807, 2.05) is 32.0 Å². The van der Waals surface area contributed by atoms with Gasteiger partial charge in [-0.05, 0) is 37.1 Å². The number of nitrogens with one attached hydrogen (secondary N) is 1. The van der Waals surface area contributed by atoms with Gasteiger partial charge in [-0.3, -0.25) is 4.79 Å². The molecule has 21 heavy (non-hydrogen) atoms. The highest BCUT2D eigenvalue weighted by Gasteiger charge is 2.20. The van der Waals surface area contributed by atoms with Crippen LogP contribution in [0.2, 0.25) is 0 Å². The second-order valence-electron chi connectivity index (χ2n) is 5.33. The monoisotopic (exact) mass is 291 g/mol. The summed E-state index contributed by atoms with van der Waals surface area (Å²) in [6, 6.07) is 7.34. The van der Waals surface area contributed by atoms with E-state index in [-0.39, 0.29) is 12.3 Å². The van der Waals surface area contributed by atoms with Crippen LogP contribution in [-0.2, 0) is 20.9 Å². The number of carbonyl (C=O) groups excluding carboxylic acids is 1. The standard InChI is InChI=1S/C16H21NO4/c1-16(2,21-3)10-14(18)17-11-13-6-4-5-12(9-13)7-8-15(19)20/h4-9H,10-11H2,1-3H3,(H,17,18)(H,19,20)/b8-7+. The Morgan fingerprint density at radius 2 is 2.10 bits per heavy atom. The largest absolute Gasteiger partial charge is 0.478 e. The van der Waals surface area contributed by atoms with Crippen molar-refractivity contribution in [3.05, 3.63) is 41.5 Å². The zero-order valence-electron chi connectivity index (χ0n) is 12.6. The van der Waals surface area contributed by atoms with Crippen LogP contribution < -0.4 is 5.32 Å². The first-order valence-electron chi connectivity index (χ1n) is 6.64. The number of carboxylic acid groups (broad SMARTS) is 1. The van der Waals surface area contributed by atoms with E-state index >= 15 is 0 Å². The average molecular weight is 291 g/mol. The molecule has 0 aliphatic rings. The molecule has 0 bridgehead atoms. The predicted octanol–water partition coefficient (Wildman–Crippen LogP) is 2.22. The zero-order valence-corrected chi connectivity index (χ0v) is 12.6. The van der Waals surface area contributed by atoms with Crippen LogP contribution in [0.1, 0.15) is 31.4 Å². The van der Waals surface area contributed by atoms with Gasteiger partial charge in [-0.1, -0.05) is 18.2 Å². The Morgan fingerprint density at radius 1 is 1.38 bits per heavy atom. The third kappa shape index (κ3) is 6.72. The number of amides is 1. The van der Waals surface area contributed by atoms with Crippen LogP contribution in [0.25, 0.3) is 6.08 Å². The summed E-state index contributed by atoms with van der Waals surface area (Å²) in [5, 5.41) is 11.4. The Kier molecular flexibility index (Phi) is 6.11. The molecule has 0 unspecified atom stereocenters. The molecular weight excluding hydrogens is 270 g/mol. The lowest BCUT2D eigenvalue weighted by Crippen LogP contribution is -2.33. The van der Waals surface area contributed by atoms with Crippen LogP contribution in [0.15, 0.2) is 30.3 Å². The lowest BCUT2D eigenvalue weighted by atomic mass is 10.0. The van der Waals surface area contributed by atoms with Gasteiger partial charge in [0.25, 0.3) is 0 Å². The first-order chi connectivity index (χ1) is 9.82. The minimum Gasteiger partial charge on any atom is -0.478 e. The van der Waals surface area contributed by atoms with Crippen LogP contribution in [0.3, 0.4) is 0 Å². The van der Waals surface area contributed by atoms with Gasteiger partial charge in [-0.15, -0.1) is 0 Å². The average Bonchev–Trinajstić information content (AvgIpc) is 2.43. The summed E-state index contributed by atoms with van der Waals surface area (Å²) >= 11 is 0. The lowest BCUT2D eigenvalue weighted by molar-refractivity contribution is -0.131. The Hall–Kier alpha value is -2.14. The maximum Gasteiger partial charge on any atom is 0.328 e. The normalized spacial score (nSPS) is 11.6. The maximum atomic E-state index is 11.8.